The predicted octanol–water partition coefficient (Wildman–Crippen LogP) is 4.19. The number of nitrogens with one attached hydrogen (secondary N) is 1. The Bertz CT molecular complexity index is 558. The summed E-state index contributed by atoms with van der Waals surface area (Å²) in [5, 5.41) is 11.7. The number of nitrogens with zero attached hydrogens (tertiary/aromatic N) is 3. The summed E-state index contributed by atoms with van der Waals surface area (Å²) >= 11 is 10.6. The molecule has 0 radical (unpaired) electrons. The summed E-state index contributed by atoms with van der Waals surface area (Å²) < 4.78 is 4.64. The van der Waals surface area contributed by atoms with Crippen LogP contribution in [0.5, 0.6) is 0 Å². The summed E-state index contributed by atoms with van der Waals surface area (Å²) in [7, 11) is 1.90. The van der Waals surface area contributed by atoms with Crippen LogP contribution in [0.2, 0.25) is 0 Å². The highest BCUT2D eigenvalue weighted by Gasteiger charge is 2.22. The van der Waals surface area contributed by atoms with Gasteiger partial charge in [0.25, 0.3) is 0 Å². The lowest BCUT2D eigenvalue weighted by Crippen LogP contribution is -2.25. The first kappa shape index (κ1) is 16.1. The molecule has 0 saturated carbocycles. The second-order valence-electron chi connectivity index (χ2n) is 4.48. The van der Waals surface area contributed by atoms with E-state index in [0.717, 1.165) is 37.8 Å². The smallest absolute Gasteiger partial charge is 0.153 e. The van der Waals surface area contributed by atoms with E-state index in [4.69, 9.17) is 0 Å². The minimum atomic E-state index is 0.0399. The standard InChI is InChI=1S/C13H15Br3N4/c1-3-4-17-11(12-13(16)18-19-20(12)2)8-5-9(14)7-10(15)6-8/h5-7,11,17H,3-4H2,1-2H3. The number of rotatable bonds is 5. The van der Waals surface area contributed by atoms with Crippen molar-refractivity contribution in [3.63, 3.8) is 0 Å². The number of aryl methyl sites for hydroxylation is 1. The average Bonchev–Trinajstić information content (AvgIpc) is 2.70. The van der Waals surface area contributed by atoms with Crippen molar-refractivity contribution in [1.82, 2.24) is 20.3 Å². The number of halogens is 3. The molecule has 1 unspecified atom stereocenters. The van der Waals surface area contributed by atoms with Gasteiger partial charge in [-0.05, 0) is 52.7 Å². The summed E-state index contributed by atoms with van der Waals surface area (Å²) in [5.41, 5.74) is 2.18. The van der Waals surface area contributed by atoms with Gasteiger partial charge in [-0.3, -0.25) is 0 Å². The van der Waals surface area contributed by atoms with Gasteiger partial charge >= 0.3 is 0 Å². The van der Waals surface area contributed by atoms with E-state index in [0.29, 0.717) is 0 Å². The summed E-state index contributed by atoms with van der Waals surface area (Å²) in [4.78, 5) is 0. The van der Waals surface area contributed by atoms with E-state index < -0.39 is 0 Å². The van der Waals surface area contributed by atoms with Gasteiger partial charge in [0, 0.05) is 16.0 Å². The third-order valence-electron chi connectivity index (χ3n) is 2.92. The second-order valence-corrected chi connectivity index (χ2v) is 7.06. The Morgan fingerprint density at radius 3 is 2.35 bits per heavy atom. The molecule has 0 amide bonds. The van der Waals surface area contributed by atoms with Crippen molar-refractivity contribution in [3.8, 4) is 0 Å². The molecule has 4 nitrogen and oxygen atoms in total. The molecule has 0 aliphatic rings. The molecule has 2 aromatic rings. The molecule has 1 aromatic carbocycles. The maximum Gasteiger partial charge on any atom is 0.153 e. The van der Waals surface area contributed by atoms with Gasteiger partial charge in [0.15, 0.2) is 4.60 Å². The number of hydrogen-bond acceptors (Lipinski definition) is 3. The Balaban J connectivity index is 2.47. The van der Waals surface area contributed by atoms with Gasteiger partial charge in [0.2, 0.25) is 0 Å². The molecule has 1 aromatic heterocycles. The van der Waals surface area contributed by atoms with Crippen LogP contribution >= 0.6 is 47.8 Å². The lowest BCUT2D eigenvalue weighted by Gasteiger charge is -2.20. The zero-order valence-electron chi connectivity index (χ0n) is 11.2. The molecular formula is C13H15Br3N4. The molecule has 20 heavy (non-hydrogen) atoms. The van der Waals surface area contributed by atoms with E-state index in [1.54, 1.807) is 4.68 Å². The van der Waals surface area contributed by atoms with E-state index in [1.807, 2.05) is 13.1 Å². The highest BCUT2D eigenvalue weighted by molar-refractivity contribution is 9.11. The Morgan fingerprint density at radius 2 is 1.85 bits per heavy atom. The van der Waals surface area contributed by atoms with Crippen LogP contribution < -0.4 is 5.32 Å². The molecule has 0 aliphatic heterocycles. The highest BCUT2D eigenvalue weighted by atomic mass is 79.9. The Labute approximate surface area is 143 Å². The lowest BCUT2D eigenvalue weighted by atomic mass is 10.0. The van der Waals surface area contributed by atoms with E-state index in [1.165, 1.54) is 0 Å². The number of benzene rings is 1. The summed E-state index contributed by atoms with van der Waals surface area (Å²) in [6, 6.07) is 6.28. The Hall–Kier alpha value is -0.240. The van der Waals surface area contributed by atoms with Crippen LogP contribution in [-0.2, 0) is 7.05 Å². The van der Waals surface area contributed by atoms with Crippen LogP contribution in [0.25, 0.3) is 0 Å². The molecule has 0 fully saturated rings. The summed E-state index contributed by atoms with van der Waals surface area (Å²) in [6.45, 7) is 3.07. The van der Waals surface area contributed by atoms with Crippen LogP contribution in [0.1, 0.15) is 30.6 Å². The fourth-order valence-corrected chi connectivity index (χ4v) is 3.93. The van der Waals surface area contributed by atoms with Gasteiger partial charge in [-0.1, -0.05) is 44.0 Å². The van der Waals surface area contributed by atoms with Crippen molar-refractivity contribution in [2.45, 2.75) is 19.4 Å². The van der Waals surface area contributed by atoms with Crippen molar-refractivity contribution in [3.05, 3.63) is 43.0 Å². The average molecular weight is 467 g/mol. The monoisotopic (exact) mass is 464 g/mol. The van der Waals surface area contributed by atoms with Gasteiger partial charge in [-0.2, -0.15) is 0 Å². The first-order valence-corrected chi connectivity index (χ1v) is 8.65. The first-order chi connectivity index (χ1) is 9.52. The number of aromatic nitrogens is 3. The molecule has 1 atom stereocenters. The zero-order chi connectivity index (χ0) is 14.7. The van der Waals surface area contributed by atoms with E-state index in [2.05, 4.69) is 82.5 Å². The second kappa shape index (κ2) is 7.15. The molecular weight excluding hydrogens is 452 g/mol. The minimum Gasteiger partial charge on any atom is -0.305 e. The van der Waals surface area contributed by atoms with E-state index in [-0.39, 0.29) is 6.04 Å². The molecule has 108 valence electrons. The third-order valence-corrected chi connectivity index (χ3v) is 4.40. The highest BCUT2D eigenvalue weighted by Crippen LogP contribution is 2.30. The minimum absolute atomic E-state index is 0.0399. The summed E-state index contributed by atoms with van der Waals surface area (Å²) in [5.74, 6) is 0. The topological polar surface area (TPSA) is 42.7 Å². The van der Waals surface area contributed by atoms with Crippen molar-refractivity contribution >= 4 is 47.8 Å². The molecule has 0 spiro atoms. The molecule has 0 aliphatic carbocycles. The van der Waals surface area contributed by atoms with Crippen LogP contribution in [0.15, 0.2) is 31.7 Å². The van der Waals surface area contributed by atoms with Crippen LogP contribution in [-0.4, -0.2) is 21.5 Å². The summed E-state index contributed by atoms with van der Waals surface area (Å²) in [6.07, 6.45) is 1.06. The molecule has 1 N–H and O–H groups in total. The van der Waals surface area contributed by atoms with Gasteiger partial charge in [0.05, 0.1) is 11.7 Å². The zero-order valence-corrected chi connectivity index (χ0v) is 16.0. The van der Waals surface area contributed by atoms with Gasteiger partial charge in [-0.25, -0.2) is 4.68 Å². The van der Waals surface area contributed by atoms with E-state index >= 15 is 0 Å². The molecule has 0 bridgehead atoms. The molecule has 2 rings (SSSR count). The third kappa shape index (κ3) is 3.69. The SMILES string of the molecule is CCCNC(c1cc(Br)cc(Br)c1)c1c(Br)nnn1C. The van der Waals surface area contributed by atoms with Crippen LogP contribution in [0, 0.1) is 0 Å². The lowest BCUT2D eigenvalue weighted by molar-refractivity contribution is 0.549. The van der Waals surface area contributed by atoms with Crippen molar-refractivity contribution in [1.29, 1.82) is 0 Å². The maximum atomic E-state index is 4.08. The molecule has 7 heteroatoms. The van der Waals surface area contributed by atoms with Crippen molar-refractivity contribution < 1.29 is 0 Å². The van der Waals surface area contributed by atoms with Crippen LogP contribution in [0.4, 0.5) is 0 Å². The quantitative estimate of drug-likeness (QED) is 0.718. The van der Waals surface area contributed by atoms with Crippen molar-refractivity contribution in [2.24, 2.45) is 7.05 Å². The van der Waals surface area contributed by atoms with Gasteiger partial charge < -0.3 is 5.32 Å². The normalized spacial score (nSPS) is 12.7. The molecule has 1 heterocycles. The first-order valence-electron chi connectivity index (χ1n) is 6.27. The molecule has 0 saturated heterocycles. The van der Waals surface area contributed by atoms with Crippen LogP contribution in [0.3, 0.4) is 0 Å². The van der Waals surface area contributed by atoms with E-state index in [9.17, 15) is 0 Å². The number of hydrogen-bond donors (Lipinski definition) is 1. The Kier molecular flexibility index (Phi) is 5.77. The fourth-order valence-electron chi connectivity index (χ4n) is 2.05. The van der Waals surface area contributed by atoms with Gasteiger partial charge in [-0.15, -0.1) is 5.10 Å². The fraction of sp³-hybridized carbons (Fsp3) is 0.385. The maximum absolute atomic E-state index is 4.08. The van der Waals surface area contributed by atoms with Crippen molar-refractivity contribution in [2.75, 3.05) is 6.54 Å². The van der Waals surface area contributed by atoms with Gasteiger partial charge in [0.1, 0.15) is 0 Å². The predicted molar refractivity (Wildman–Crippen MR) is 90.7 cm³/mol. The Morgan fingerprint density at radius 1 is 1.20 bits per heavy atom. The largest absolute Gasteiger partial charge is 0.305 e.